The van der Waals surface area contributed by atoms with Crippen LogP contribution in [0.25, 0.3) is 11.3 Å². The highest BCUT2D eigenvalue weighted by Crippen LogP contribution is 2.35. The van der Waals surface area contributed by atoms with Crippen molar-refractivity contribution in [2.24, 2.45) is 34.4 Å². The van der Waals surface area contributed by atoms with Crippen molar-refractivity contribution in [1.82, 2.24) is 20.0 Å². The number of hydrogen-bond donors (Lipinski definition) is 14. The highest BCUT2D eigenvalue weighted by molar-refractivity contribution is 7.14. The smallest absolute Gasteiger partial charge is 0.224 e. The Balaban J connectivity index is 1.04. The van der Waals surface area contributed by atoms with Gasteiger partial charge >= 0.3 is 0 Å². The highest BCUT2D eigenvalue weighted by atomic mass is 32.1. The molecule has 2 aromatic heterocycles. The molecule has 3 aromatic rings. The van der Waals surface area contributed by atoms with E-state index in [9.17, 15) is 40.2 Å². The number of hydrogen-bond acceptors (Lipinski definition) is 24. The van der Waals surface area contributed by atoms with Gasteiger partial charge in [0, 0.05) is 67.8 Å². The molecule has 20 N–H and O–H groups in total. The molecule has 27 heteroatoms. The molecule has 1 aliphatic carbocycles. The molecule has 66 heavy (non-hydrogen) atoms. The monoisotopic (exact) mass is 952 g/mol. The van der Waals surface area contributed by atoms with Gasteiger partial charge in [0.25, 0.3) is 0 Å². The summed E-state index contributed by atoms with van der Waals surface area (Å²) in [4.78, 5) is 28.9. The van der Waals surface area contributed by atoms with Crippen LogP contribution in [0.15, 0.2) is 35.8 Å². The van der Waals surface area contributed by atoms with Gasteiger partial charge in [-0.2, -0.15) is 0 Å². The summed E-state index contributed by atoms with van der Waals surface area (Å²) in [5.41, 5.74) is 39.0. The van der Waals surface area contributed by atoms with E-state index in [4.69, 9.17) is 62.8 Å². The van der Waals surface area contributed by atoms with E-state index < -0.39 is 116 Å². The van der Waals surface area contributed by atoms with E-state index in [-0.39, 0.29) is 50.7 Å². The zero-order chi connectivity index (χ0) is 47.6. The van der Waals surface area contributed by atoms with Gasteiger partial charge in [0.15, 0.2) is 24.0 Å². The maximum absolute atomic E-state index is 13.0. The summed E-state index contributed by atoms with van der Waals surface area (Å²) in [6.45, 7) is 0.862. The lowest BCUT2D eigenvalue weighted by Crippen LogP contribution is -2.68. The van der Waals surface area contributed by atoms with E-state index in [1.54, 1.807) is 29.8 Å². The second kappa shape index (κ2) is 21.7. The van der Waals surface area contributed by atoms with Gasteiger partial charge in [0.2, 0.25) is 11.8 Å². The largest absolute Gasteiger partial charge is 0.389 e. The quantitative estimate of drug-likeness (QED) is 0.0636. The van der Waals surface area contributed by atoms with Gasteiger partial charge in [0.05, 0.1) is 36.1 Å². The fourth-order valence-electron chi connectivity index (χ4n) is 8.31. The minimum Gasteiger partial charge on any atom is -0.389 e. The minimum atomic E-state index is -1.67. The molecule has 7 rings (SSSR count). The number of anilines is 2. The van der Waals surface area contributed by atoms with Crippen molar-refractivity contribution in [3.63, 3.8) is 0 Å². The van der Waals surface area contributed by atoms with E-state index in [0.29, 0.717) is 22.2 Å². The Bertz CT molecular complexity index is 2090. The maximum atomic E-state index is 13.0. The van der Waals surface area contributed by atoms with E-state index in [1.165, 1.54) is 22.9 Å². The van der Waals surface area contributed by atoms with Gasteiger partial charge in [-0.3, -0.25) is 9.59 Å². The normalized spacial score (nSPS) is 38.3. The number of nitrogens with zero attached hydrogens (tertiary/aromatic N) is 4. The number of aliphatic hydroxyl groups is 6. The first-order valence-corrected chi connectivity index (χ1v) is 22.3. The first-order chi connectivity index (χ1) is 31.5. The number of thiazole rings is 1. The number of aliphatic hydroxyl groups excluding tert-OH is 6. The van der Waals surface area contributed by atoms with Crippen LogP contribution in [0.3, 0.4) is 0 Å². The summed E-state index contributed by atoms with van der Waals surface area (Å²) in [6, 6.07) is 2.67. The highest BCUT2D eigenvalue weighted by Gasteiger charge is 2.54. The first kappa shape index (κ1) is 50.1. The summed E-state index contributed by atoms with van der Waals surface area (Å²) in [5, 5.41) is 81.6. The Labute approximate surface area is 381 Å². The van der Waals surface area contributed by atoms with Crippen molar-refractivity contribution in [2.75, 3.05) is 23.7 Å². The van der Waals surface area contributed by atoms with Crippen LogP contribution in [0, 0.1) is 0 Å². The van der Waals surface area contributed by atoms with Crippen molar-refractivity contribution >= 4 is 34.0 Å². The Hall–Kier alpha value is -3.79. The van der Waals surface area contributed by atoms with Crippen LogP contribution < -0.4 is 45.0 Å². The summed E-state index contributed by atoms with van der Waals surface area (Å²) in [5.74, 6) is -0.544. The molecule has 1 saturated carbocycles. The maximum Gasteiger partial charge on any atom is 0.224 e. The van der Waals surface area contributed by atoms with E-state index in [0.717, 1.165) is 5.56 Å². The molecule has 4 fully saturated rings. The van der Waals surface area contributed by atoms with E-state index >= 15 is 0 Å². The Morgan fingerprint density at radius 2 is 1.41 bits per heavy atom. The van der Waals surface area contributed by atoms with Gasteiger partial charge < -0.3 is 104 Å². The number of nitrogens with one attached hydrogen (secondary N) is 2. The molecule has 2 amide bonds. The molecule has 4 unspecified atom stereocenters. The topological polar surface area (TPSA) is 435 Å². The molecule has 0 spiro atoms. The zero-order valence-corrected chi connectivity index (χ0v) is 36.6. The molecule has 366 valence electrons. The van der Waals surface area contributed by atoms with Crippen LogP contribution in [-0.4, -0.2) is 192 Å². The molecular formula is C39H60N12O14S. The number of ether oxygens (including phenoxy) is 6. The van der Waals surface area contributed by atoms with Crippen LogP contribution in [-0.2, 0) is 51.0 Å². The number of aromatic nitrogens is 4. The SMILES string of the molecule is CC(=O)Nc1nc(-c2cccc(NC(=O)CCc3cn(CC4OC(O[C@@H]5[C@@H](O)[C@H](N)C[C@H](N)[C@H]5O[C@H]5O[C@H](CN)[C@@H](O)[C@H](O)[C@H]5N)C(O)C4O[C@H]4O[C@H](CN)[C@@H](O)[C@H](O)[C@H]4N)nn3)c2)cs1. The van der Waals surface area contributed by atoms with Crippen molar-refractivity contribution < 1.29 is 68.6 Å². The average Bonchev–Trinajstić information content (AvgIpc) is 4.02. The van der Waals surface area contributed by atoms with Crippen LogP contribution in [0.5, 0.6) is 0 Å². The molecule has 5 heterocycles. The van der Waals surface area contributed by atoms with Gasteiger partial charge in [-0.15, -0.1) is 16.4 Å². The van der Waals surface area contributed by atoms with Crippen LogP contribution in [0.2, 0.25) is 0 Å². The van der Waals surface area contributed by atoms with Crippen molar-refractivity contribution in [2.45, 2.75) is 149 Å². The molecule has 3 saturated heterocycles. The van der Waals surface area contributed by atoms with Crippen molar-refractivity contribution in [1.29, 1.82) is 0 Å². The number of nitrogens with two attached hydrogens (primary N) is 6. The van der Waals surface area contributed by atoms with E-state index in [2.05, 4.69) is 25.9 Å². The molecule has 26 nitrogen and oxygen atoms in total. The first-order valence-electron chi connectivity index (χ1n) is 21.4. The fourth-order valence-corrected chi connectivity index (χ4v) is 9.07. The number of aryl methyl sites for hydroxylation is 1. The molecule has 1 aromatic carbocycles. The number of rotatable bonds is 16. The molecule has 3 aliphatic heterocycles. The lowest BCUT2D eigenvalue weighted by Gasteiger charge is -2.47. The minimum absolute atomic E-state index is 0.0282. The standard InChI is InChI=1S/C39H60N12O14S/c1-14(52)46-39-48-20(13-66-39)15-3-2-4-16(7-15)47-24(53)6-5-17-11-51(50-49-17)12-23-34(64-37-26(45)31(58)29(56)22(10-41)61-37)32(59)38(62-23)65-35-27(54)18(42)8-19(43)33(35)63-36-25(44)30(57)28(55)21(9-40)60-36/h2-4,7,11,13,18-19,21-23,25-38,54-59H,5-6,8-10,12,40-45H2,1H3,(H,47,53)(H,46,48,52)/t18-,19+,21-,22-,23?,25-,26-,27+,28-,29-,30-,31-,32?,33-,34?,35-,36-,37-,38?/m1/s1. The lowest BCUT2D eigenvalue weighted by atomic mass is 9.84. The van der Waals surface area contributed by atoms with Crippen molar-refractivity contribution in [3.05, 3.63) is 41.5 Å². The molecule has 0 bridgehead atoms. The second-order valence-electron chi connectivity index (χ2n) is 16.8. The number of carbonyl (C=O) groups is 2. The Morgan fingerprint density at radius 1 is 0.788 bits per heavy atom. The fraction of sp³-hybridized carbons (Fsp3) is 0.667. The third-order valence-corrected chi connectivity index (χ3v) is 12.7. The zero-order valence-electron chi connectivity index (χ0n) is 35.8. The van der Waals surface area contributed by atoms with Crippen LogP contribution >= 0.6 is 11.3 Å². The summed E-state index contributed by atoms with van der Waals surface area (Å²) in [6.07, 6.45) is -18.8. The Kier molecular flexibility index (Phi) is 16.4. The molecule has 0 radical (unpaired) electrons. The summed E-state index contributed by atoms with van der Waals surface area (Å²) in [7, 11) is 0. The molecule has 4 aliphatic rings. The molecule has 19 atom stereocenters. The van der Waals surface area contributed by atoms with Crippen LogP contribution in [0.1, 0.15) is 25.5 Å². The predicted molar refractivity (Wildman–Crippen MR) is 230 cm³/mol. The summed E-state index contributed by atoms with van der Waals surface area (Å²) >= 11 is 1.28. The predicted octanol–water partition coefficient (Wildman–Crippen LogP) is -5.94. The van der Waals surface area contributed by atoms with Gasteiger partial charge in [0.1, 0.15) is 67.1 Å². The number of benzene rings is 1. The van der Waals surface area contributed by atoms with Crippen molar-refractivity contribution in [3.8, 4) is 11.3 Å². The molecular weight excluding hydrogens is 893 g/mol. The van der Waals surface area contributed by atoms with Gasteiger partial charge in [-0.25, -0.2) is 9.67 Å². The number of carbonyl (C=O) groups excluding carboxylic acids is 2. The number of amides is 2. The average molecular weight is 953 g/mol. The second-order valence-corrected chi connectivity index (χ2v) is 17.7. The van der Waals surface area contributed by atoms with Crippen LogP contribution in [0.4, 0.5) is 10.8 Å². The van der Waals surface area contributed by atoms with Gasteiger partial charge in [-0.1, -0.05) is 17.3 Å². The summed E-state index contributed by atoms with van der Waals surface area (Å²) < 4.78 is 37.8. The Morgan fingerprint density at radius 3 is 2.05 bits per heavy atom. The third-order valence-electron chi connectivity index (χ3n) is 12.0. The van der Waals surface area contributed by atoms with E-state index in [1.807, 2.05) is 6.07 Å². The third kappa shape index (κ3) is 11.2. The van der Waals surface area contributed by atoms with Gasteiger partial charge in [-0.05, 0) is 18.6 Å². The lowest BCUT2D eigenvalue weighted by molar-refractivity contribution is -0.306.